The molecule has 0 aliphatic carbocycles. The van der Waals surface area contributed by atoms with Crippen LogP contribution in [0.5, 0.6) is 0 Å². The Morgan fingerprint density at radius 2 is 2.12 bits per heavy atom. The summed E-state index contributed by atoms with van der Waals surface area (Å²) in [6, 6.07) is 0. The van der Waals surface area contributed by atoms with Crippen LogP contribution in [-0.4, -0.2) is 4.37 Å². The normalized spacial score (nSPS) is 9.88. The van der Waals surface area contributed by atoms with Gasteiger partial charge in [-0.1, -0.05) is 0 Å². The minimum absolute atomic E-state index is 1.04. The van der Waals surface area contributed by atoms with Crippen LogP contribution in [0, 0.1) is 6.92 Å². The lowest BCUT2D eigenvalue weighted by Gasteiger charge is -1.79. The van der Waals surface area contributed by atoms with E-state index in [0.717, 1.165) is 14.0 Å². The van der Waals surface area contributed by atoms with Gasteiger partial charge in [0, 0.05) is 0 Å². The Bertz CT molecular complexity index is 176. The van der Waals surface area contributed by atoms with Gasteiger partial charge >= 0.3 is 0 Å². The number of rotatable bonds is 0. The first kappa shape index (κ1) is 6.71. The molecule has 1 rings (SSSR count). The van der Waals surface area contributed by atoms with E-state index in [0.29, 0.717) is 0 Å². The van der Waals surface area contributed by atoms with Crippen LogP contribution in [0.4, 0.5) is 0 Å². The van der Waals surface area contributed by atoms with Gasteiger partial charge in [-0.15, -0.1) is 0 Å². The molecular formula is C4H3Br2NS. The number of hydrogen-bond donors (Lipinski definition) is 0. The van der Waals surface area contributed by atoms with Crippen LogP contribution >= 0.6 is 43.4 Å². The maximum Gasteiger partial charge on any atom is 0.105 e. The lowest BCUT2D eigenvalue weighted by atomic mass is 10.5. The van der Waals surface area contributed by atoms with Gasteiger partial charge in [-0.05, 0) is 50.3 Å². The molecule has 0 aliphatic heterocycles. The predicted octanol–water partition coefficient (Wildman–Crippen LogP) is 2.98. The van der Waals surface area contributed by atoms with Gasteiger partial charge in [-0.2, -0.15) is 4.37 Å². The molecule has 0 spiro atoms. The van der Waals surface area contributed by atoms with Gasteiger partial charge < -0.3 is 0 Å². The molecule has 0 N–H and O–H groups in total. The molecule has 1 aromatic rings. The van der Waals surface area contributed by atoms with Crippen molar-refractivity contribution in [3.8, 4) is 0 Å². The summed E-state index contributed by atoms with van der Waals surface area (Å²) in [6.07, 6.45) is 0. The molecule has 0 saturated carbocycles. The fourth-order valence-corrected chi connectivity index (χ4v) is 1.79. The second kappa shape index (κ2) is 2.45. The molecule has 0 fully saturated rings. The van der Waals surface area contributed by atoms with Crippen LogP contribution in [-0.2, 0) is 0 Å². The number of halogens is 2. The molecule has 44 valence electrons. The summed E-state index contributed by atoms with van der Waals surface area (Å²) in [7, 11) is 0. The van der Waals surface area contributed by atoms with Crippen molar-refractivity contribution in [2.45, 2.75) is 6.92 Å². The fraction of sp³-hybridized carbons (Fsp3) is 0.250. The molecular weight excluding hydrogens is 254 g/mol. The Balaban J connectivity index is 3.19. The topological polar surface area (TPSA) is 12.9 Å². The Morgan fingerprint density at radius 1 is 1.50 bits per heavy atom. The molecule has 0 unspecified atom stereocenters. The van der Waals surface area contributed by atoms with Crippen LogP contribution in [0.3, 0.4) is 0 Å². The molecule has 0 radical (unpaired) electrons. The Morgan fingerprint density at radius 3 is 2.25 bits per heavy atom. The Labute approximate surface area is 68.5 Å². The third-order valence-corrected chi connectivity index (χ3v) is 4.08. The molecule has 0 atom stereocenters. The molecule has 1 heterocycles. The van der Waals surface area contributed by atoms with Gasteiger partial charge in [0.15, 0.2) is 0 Å². The quantitative estimate of drug-likeness (QED) is 0.696. The zero-order chi connectivity index (χ0) is 6.15. The van der Waals surface area contributed by atoms with E-state index in [-0.39, 0.29) is 0 Å². The van der Waals surface area contributed by atoms with Gasteiger partial charge in [0.05, 0.1) is 10.2 Å². The standard InChI is InChI=1S/C4H3Br2NS/c1-2-3(5)4(6)8-7-2/h1H3. The Kier molecular flexibility index (Phi) is 2.06. The van der Waals surface area contributed by atoms with Crippen LogP contribution in [0.25, 0.3) is 0 Å². The molecule has 0 amide bonds. The van der Waals surface area contributed by atoms with Crippen molar-refractivity contribution >= 4 is 43.4 Å². The molecule has 0 aliphatic rings. The third kappa shape index (κ3) is 1.11. The van der Waals surface area contributed by atoms with Crippen molar-refractivity contribution in [1.82, 2.24) is 4.37 Å². The highest BCUT2D eigenvalue weighted by Gasteiger charge is 2.01. The molecule has 1 aromatic heterocycles. The van der Waals surface area contributed by atoms with Gasteiger partial charge in [0.2, 0.25) is 0 Å². The van der Waals surface area contributed by atoms with E-state index in [4.69, 9.17) is 0 Å². The molecule has 4 heteroatoms. The number of nitrogens with zero attached hydrogens (tertiary/aromatic N) is 1. The van der Waals surface area contributed by atoms with Crippen molar-refractivity contribution in [3.63, 3.8) is 0 Å². The lowest BCUT2D eigenvalue weighted by molar-refractivity contribution is 1.32. The molecule has 0 bridgehead atoms. The van der Waals surface area contributed by atoms with E-state index in [9.17, 15) is 0 Å². The molecule has 0 aromatic carbocycles. The van der Waals surface area contributed by atoms with E-state index in [1.807, 2.05) is 6.92 Å². The first-order valence-corrected chi connectivity index (χ1v) is 4.35. The molecule has 8 heavy (non-hydrogen) atoms. The SMILES string of the molecule is Cc1nsc(Br)c1Br. The minimum Gasteiger partial charge on any atom is -0.196 e. The summed E-state index contributed by atoms with van der Waals surface area (Å²) in [4.78, 5) is 0. The zero-order valence-corrected chi connectivity index (χ0v) is 8.10. The average molecular weight is 257 g/mol. The Hall–Kier alpha value is 0.590. The maximum atomic E-state index is 4.06. The predicted molar refractivity (Wildman–Crippen MR) is 42.3 cm³/mol. The van der Waals surface area contributed by atoms with Crippen molar-refractivity contribution in [1.29, 1.82) is 0 Å². The lowest BCUT2D eigenvalue weighted by Crippen LogP contribution is -1.64. The second-order valence-corrected chi connectivity index (χ2v) is 4.24. The van der Waals surface area contributed by atoms with E-state index < -0.39 is 0 Å². The van der Waals surface area contributed by atoms with Gasteiger partial charge in [0.1, 0.15) is 3.79 Å². The van der Waals surface area contributed by atoms with Crippen molar-refractivity contribution < 1.29 is 0 Å². The van der Waals surface area contributed by atoms with E-state index in [1.165, 1.54) is 11.5 Å². The minimum atomic E-state index is 1.04. The van der Waals surface area contributed by atoms with Gasteiger partial charge in [0.25, 0.3) is 0 Å². The van der Waals surface area contributed by atoms with Crippen molar-refractivity contribution in [3.05, 3.63) is 14.0 Å². The summed E-state index contributed by atoms with van der Waals surface area (Å²) in [5.74, 6) is 0. The van der Waals surface area contributed by atoms with Crippen LogP contribution in [0.1, 0.15) is 5.69 Å². The zero-order valence-electron chi connectivity index (χ0n) is 4.11. The highest BCUT2D eigenvalue weighted by Crippen LogP contribution is 2.29. The summed E-state index contributed by atoms with van der Waals surface area (Å²) < 4.78 is 6.20. The van der Waals surface area contributed by atoms with Gasteiger partial charge in [-0.3, -0.25) is 0 Å². The third-order valence-electron chi connectivity index (χ3n) is 0.753. The van der Waals surface area contributed by atoms with Crippen LogP contribution in [0.2, 0.25) is 0 Å². The van der Waals surface area contributed by atoms with Gasteiger partial charge in [-0.25, -0.2) is 0 Å². The molecule has 1 nitrogen and oxygen atoms in total. The summed E-state index contributed by atoms with van der Waals surface area (Å²) in [5.41, 5.74) is 1.04. The fourth-order valence-electron chi connectivity index (χ4n) is 0.331. The monoisotopic (exact) mass is 255 g/mol. The first-order chi connectivity index (χ1) is 3.72. The van der Waals surface area contributed by atoms with E-state index in [2.05, 4.69) is 36.2 Å². The summed E-state index contributed by atoms with van der Waals surface area (Å²) in [5, 5.41) is 0. The maximum absolute atomic E-state index is 4.06. The second-order valence-electron chi connectivity index (χ2n) is 1.36. The van der Waals surface area contributed by atoms with E-state index >= 15 is 0 Å². The summed E-state index contributed by atoms with van der Waals surface area (Å²) >= 11 is 8.13. The van der Waals surface area contributed by atoms with Crippen LogP contribution in [0.15, 0.2) is 8.26 Å². The molecule has 0 saturated heterocycles. The highest BCUT2D eigenvalue weighted by molar-refractivity contribution is 9.13. The van der Waals surface area contributed by atoms with E-state index in [1.54, 1.807) is 0 Å². The smallest absolute Gasteiger partial charge is 0.105 e. The number of aryl methyl sites for hydroxylation is 1. The average Bonchev–Trinajstić information content (AvgIpc) is 1.98. The van der Waals surface area contributed by atoms with Crippen molar-refractivity contribution in [2.75, 3.05) is 0 Å². The number of aromatic nitrogens is 1. The summed E-state index contributed by atoms with van der Waals surface area (Å²) in [6.45, 7) is 1.96. The first-order valence-electron chi connectivity index (χ1n) is 1.99. The largest absolute Gasteiger partial charge is 0.196 e. The highest BCUT2D eigenvalue weighted by atomic mass is 79.9. The van der Waals surface area contributed by atoms with Crippen molar-refractivity contribution in [2.24, 2.45) is 0 Å². The van der Waals surface area contributed by atoms with Crippen LogP contribution < -0.4 is 0 Å². The number of hydrogen-bond acceptors (Lipinski definition) is 2.